The molecule has 0 saturated carbocycles. The second-order valence-corrected chi connectivity index (χ2v) is 2.62. The summed E-state index contributed by atoms with van der Waals surface area (Å²) in [5.74, 6) is 0.881. The van der Waals surface area contributed by atoms with E-state index in [2.05, 4.69) is 12.2 Å². The molecule has 1 heterocycles. The second kappa shape index (κ2) is 2.85. The Bertz CT molecular complexity index is 111. The lowest BCUT2D eigenvalue weighted by atomic mass is 9.95. The van der Waals surface area contributed by atoms with Gasteiger partial charge in [-0.2, -0.15) is 0 Å². The normalized spacial score (nSPS) is 27.7. The molecule has 1 amide bonds. The van der Waals surface area contributed by atoms with Gasteiger partial charge in [0.05, 0.1) is 0 Å². The van der Waals surface area contributed by atoms with Crippen LogP contribution in [0.4, 0.5) is 0 Å². The van der Waals surface area contributed by atoms with Crippen LogP contribution in [0.15, 0.2) is 0 Å². The van der Waals surface area contributed by atoms with Crippen molar-refractivity contribution < 1.29 is 4.79 Å². The van der Waals surface area contributed by atoms with Crippen LogP contribution in [0.25, 0.3) is 0 Å². The first-order valence-electron chi connectivity index (χ1n) is 3.59. The summed E-state index contributed by atoms with van der Waals surface area (Å²) in [5, 5.41) is 2.81. The minimum Gasteiger partial charge on any atom is -0.356 e. The maximum Gasteiger partial charge on any atom is 0.220 e. The van der Waals surface area contributed by atoms with Gasteiger partial charge < -0.3 is 5.32 Å². The molecule has 0 aliphatic carbocycles. The van der Waals surface area contributed by atoms with E-state index in [9.17, 15) is 4.79 Å². The summed E-state index contributed by atoms with van der Waals surface area (Å²) in [5.41, 5.74) is 0. The van der Waals surface area contributed by atoms with Crippen molar-refractivity contribution in [3.8, 4) is 0 Å². The Hall–Kier alpha value is -0.530. The zero-order valence-electron chi connectivity index (χ0n) is 5.81. The summed E-state index contributed by atoms with van der Waals surface area (Å²) in [4.78, 5) is 10.7. The molecule has 0 spiro atoms. The van der Waals surface area contributed by atoms with E-state index in [0.717, 1.165) is 19.4 Å². The highest BCUT2D eigenvalue weighted by Crippen LogP contribution is 2.14. The maximum atomic E-state index is 10.7. The summed E-state index contributed by atoms with van der Waals surface area (Å²) < 4.78 is 0. The lowest BCUT2D eigenvalue weighted by molar-refractivity contribution is -0.123. The van der Waals surface area contributed by atoms with Crippen LogP contribution in [0.2, 0.25) is 0 Å². The first-order chi connectivity index (χ1) is 4.33. The fourth-order valence-corrected chi connectivity index (χ4v) is 1.20. The Morgan fingerprint density at radius 2 is 2.56 bits per heavy atom. The van der Waals surface area contributed by atoms with Gasteiger partial charge in [-0.1, -0.05) is 13.3 Å². The summed E-state index contributed by atoms with van der Waals surface area (Å²) in [6.07, 6.45) is 3.06. The maximum absolute atomic E-state index is 10.7. The van der Waals surface area contributed by atoms with Gasteiger partial charge in [-0.25, -0.2) is 0 Å². The Morgan fingerprint density at radius 3 is 3.00 bits per heavy atom. The monoisotopic (exact) mass is 127 g/mol. The van der Waals surface area contributed by atoms with Gasteiger partial charge in [0, 0.05) is 13.0 Å². The molecule has 1 fully saturated rings. The molecule has 2 heteroatoms. The molecule has 0 aromatic carbocycles. The molecule has 1 saturated heterocycles. The highest BCUT2D eigenvalue weighted by Gasteiger charge is 2.16. The molecule has 1 aliphatic heterocycles. The zero-order chi connectivity index (χ0) is 6.69. The topological polar surface area (TPSA) is 29.1 Å². The van der Waals surface area contributed by atoms with E-state index in [1.54, 1.807) is 0 Å². The number of hydrogen-bond acceptors (Lipinski definition) is 1. The molecule has 0 aromatic heterocycles. The quantitative estimate of drug-likeness (QED) is 0.557. The van der Waals surface area contributed by atoms with Gasteiger partial charge >= 0.3 is 0 Å². The van der Waals surface area contributed by atoms with Gasteiger partial charge in [-0.15, -0.1) is 0 Å². The smallest absolute Gasteiger partial charge is 0.220 e. The van der Waals surface area contributed by atoms with Crippen molar-refractivity contribution in [1.82, 2.24) is 5.32 Å². The minimum atomic E-state index is 0.230. The fraction of sp³-hybridized carbons (Fsp3) is 0.857. The van der Waals surface area contributed by atoms with E-state index in [1.807, 2.05) is 0 Å². The van der Waals surface area contributed by atoms with Crippen LogP contribution in [0, 0.1) is 5.92 Å². The van der Waals surface area contributed by atoms with E-state index in [4.69, 9.17) is 0 Å². The molecular formula is C7H13NO. The Balaban J connectivity index is 2.32. The summed E-state index contributed by atoms with van der Waals surface area (Å²) in [6.45, 7) is 3.03. The van der Waals surface area contributed by atoms with Gasteiger partial charge in [0.1, 0.15) is 0 Å². The Morgan fingerprint density at radius 1 is 1.78 bits per heavy atom. The third-order valence-electron chi connectivity index (χ3n) is 1.93. The number of hydrogen-bond donors (Lipinski definition) is 1. The first-order valence-corrected chi connectivity index (χ1v) is 3.59. The van der Waals surface area contributed by atoms with E-state index in [-0.39, 0.29) is 5.91 Å². The molecule has 1 rings (SSSR count). The third-order valence-corrected chi connectivity index (χ3v) is 1.93. The van der Waals surface area contributed by atoms with Crippen molar-refractivity contribution in [2.45, 2.75) is 26.2 Å². The molecule has 1 atom stereocenters. The van der Waals surface area contributed by atoms with Crippen molar-refractivity contribution in [1.29, 1.82) is 0 Å². The molecule has 0 bridgehead atoms. The van der Waals surface area contributed by atoms with Crippen LogP contribution in [-0.2, 0) is 4.79 Å². The minimum absolute atomic E-state index is 0.230. The largest absolute Gasteiger partial charge is 0.356 e. The van der Waals surface area contributed by atoms with Crippen molar-refractivity contribution in [3.05, 3.63) is 0 Å². The lowest BCUT2D eigenvalue weighted by Gasteiger charge is -2.19. The fourth-order valence-electron chi connectivity index (χ4n) is 1.20. The molecule has 9 heavy (non-hydrogen) atoms. The molecule has 0 radical (unpaired) electrons. The molecule has 0 aromatic rings. The SMILES string of the molecule is CC[C@@H]1CCNC(=O)C1. The van der Waals surface area contributed by atoms with E-state index in [1.165, 1.54) is 6.42 Å². The van der Waals surface area contributed by atoms with Gasteiger partial charge in [-0.05, 0) is 12.3 Å². The molecule has 52 valence electrons. The van der Waals surface area contributed by atoms with E-state index < -0.39 is 0 Å². The number of carbonyl (C=O) groups excluding carboxylic acids is 1. The third kappa shape index (κ3) is 1.70. The van der Waals surface area contributed by atoms with E-state index in [0.29, 0.717) is 5.92 Å². The highest BCUT2D eigenvalue weighted by molar-refractivity contribution is 5.76. The number of rotatable bonds is 1. The van der Waals surface area contributed by atoms with Crippen LogP contribution in [0.3, 0.4) is 0 Å². The second-order valence-electron chi connectivity index (χ2n) is 2.62. The predicted octanol–water partition coefficient (Wildman–Crippen LogP) is 0.923. The van der Waals surface area contributed by atoms with Crippen molar-refractivity contribution in [3.63, 3.8) is 0 Å². The molecule has 1 N–H and O–H groups in total. The van der Waals surface area contributed by atoms with Crippen molar-refractivity contribution in [2.75, 3.05) is 6.54 Å². The molecular weight excluding hydrogens is 114 g/mol. The van der Waals surface area contributed by atoms with Crippen molar-refractivity contribution >= 4 is 5.91 Å². The van der Waals surface area contributed by atoms with Crippen LogP contribution < -0.4 is 5.32 Å². The van der Waals surface area contributed by atoms with Crippen LogP contribution >= 0.6 is 0 Å². The lowest BCUT2D eigenvalue weighted by Crippen LogP contribution is -2.33. The van der Waals surface area contributed by atoms with Gasteiger partial charge in [0.25, 0.3) is 0 Å². The molecule has 2 nitrogen and oxygen atoms in total. The number of piperidine rings is 1. The first kappa shape index (κ1) is 6.59. The average Bonchev–Trinajstić information content (AvgIpc) is 1.88. The van der Waals surface area contributed by atoms with Gasteiger partial charge in [-0.3, -0.25) is 4.79 Å². The Labute approximate surface area is 55.6 Å². The predicted molar refractivity (Wildman–Crippen MR) is 36.0 cm³/mol. The summed E-state index contributed by atoms with van der Waals surface area (Å²) in [7, 11) is 0. The van der Waals surface area contributed by atoms with Crippen LogP contribution in [-0.4, -0.2) is 12.5 Å². The van der Waals surface area contributed by atoms with Crippen molar-refractivity contribution in [2.24, 2.45) is 5.92 Å². The van der Waals surface area contributed by atoms with Crippen LogP contribution in [0.1, 0.15) is 26.2 Å². The molecule has 1 aliphatic rings. The standard InChI is InChI=1S/C7H13NO/c1-2-6-3-4-8-7(9)5-6/h6H,2-5H2,1H3,(H,8,9)/t6-/m1/s1. The number of carbonyl (C=O) groups is 1. The summed E-state index contributed by atoms with van der Waals surface area (Å²) >= 11 is 0. The zero-order valence-corrected chi connectivity index (χ0v) is 5.81. The van der Waals surface area contributed by atoms with E-state index >= 15 is 0 Å². The van der Waals surface area contributed by atoms with Gasteiger partial charge in [0.15, 0.2) is 0 Å². The Kier molecular flexibility index (Phi) is 2.09. The highest BCUT2D eigenvalue weighted by atomic mass is 16.1. The summed E-state index contributed by atoms with van der Waals surface area (Å²) in [6, 6.07) is 0. The number of amides is 1. The van der Waals surface area contributed by atoms with Gasteiger partial charge in [0.2, 0.25) is 5.91 Å². The average molecular weight is 127 g/mol. The number of nitrogens with one attached hydrogen (secondary N) is 1. The van der Waals surface area contributed by atoms with Crippen LogP contribution in [0.5, 0.6) is 0 Å². The molecule has 0 unspecified atom stereocenters.